The highest BCUT2D eigenvalue weighted by Gasteiger charge is 2.22. The minimum atomic E-state index is -3.58. The van der Waals surface area contributed by atoms with Gasteiger partial charge in [-0.05, 0) is 53.7 Å². The van der Waals surface area contributed by atoms with Crippen molar-refractivity contribution in [1.82, 2.24) is 9.62 Å². The normalized spacial score (nSPS) is 13.4. The fraction of sp³-hybridized carbons (Fsp3) is 0.375. The van der Waals surface area contributed by atoms with E-state index in [9.17, 15) is 8.42 Å². The molecule has 0 saturated heterocycles. The molecule has 0 saturated carbocycles. The number of rotatable bonds is 8. The molecule has 1 N–H and O–H groups in total. The predicted octanol–water partition coefficient (Wildman–Crippen LogP) is 3.76. The lowest BCUT2D eigenvalue weighted by atomic mass is 10.1. The van der Waals surface area contributed by atoms with Crippen molar-refractivity contribution in [3.63, 3.8) is 0 Å². The highest BCUT2D eigenvalue weighted by atomic mass is 35.5. The maximum absolute atomic E-state index is 12.5. The molecule has 0 bridgehead atoms. The zero-order valence-electron chi connectivity index (χ0n) is 13.2. The number of benzene rings is 1. The van der Waals surface area contributed by atoms with Gasteiger partial charge in [-0.25, -0.2) is 13.1 Å². The highest BCUT2D eigenvalue weighted by molar-refractivity contribution is 7.89. The van der Waals surface area contributed by atoms with Crippen LogP contribution >= 0.6 is 22.9 Å². The first-order valence-electron chi connectivity index (χ1n) is 7.49. The molecule has 1 atom stereocenters. The minimum Gasteiger partial charge on any atom is -0.296 e. The smallest absolute Gasteiger partial charge is 0.240 e. The van der Waals surface area contributed by atoms with Gasteiger partial charge in [0.25, 0.3) is 0 Å². The zero-order valence-corrected chi connectivity index (χ0v) is 15.6. The first-order valence-corrected chi connectivity index (χ1v) is 10.3. The van der Waals surface area contributed by atoms with Crippen molar-refractivity contribution in [2.45, 2.75) is 24.8 Å². The Hall–Kier alpha value is -0.920. The van der Waals surface area contributed by atoms with Crippen molar-refractivity contribution in [3.05, 3.63) is 51.7 Å². The maximum atomic E-state index is 12.5. The van der Waals surface area contributed by atoms with Crippen LogP contribution in [0.3, 0.4) is 0 Å². The Kier molecular flexibility index (Phi) is 6.61. The Labute approximate surface area is 147 Å². The van der Waals surface area contributed by atoms with Crippen LogP contribution in [-0.4, -0.2) is 33.0 Å². The molecule has 0 aliphatic heterocycles. The number of likely N-dealkylation sites (N-methyl/N-ethyl adjacent to an activating group) is 1. The molecular weight excluding hydrogens is 352 g/mol. The van der Waals surface area contributed by atoms with Crippen LogP contribution < -0.4 is 4.72 Å². The van der Waals surface area contributed by atoms with E-state index in [1.807, 2.05) is 11.4 Å². The summed E-state index contributed by atoms with van der Waals surface area (Å²) in [4.78, 5) is 2.43. The van der Waals surface area contributed by atoms with E-state index >= 15 is 0 Å². The van der Waals surface area contributed by atoms with Crippen LogP contribution in [0.15, 0.2) is 46.0 Å². The lowest BCUT2D eigenvalue weighted by Gasteiger charge is -2.29. The van der Waals surface area contributed by atoms with Crippen molar-refractivity contribution < 1.29 is 8.42 Å². The van der Waals surface area contributed by atoms with Gasteiger partial charge in [-0.2, -0.15) is 11.3 Å². The third-order valence-electron chi connectivity index (χ3n) is 3.75. The largest absolute Gasteiger partial charge is 0.296 e. The van der Waals surface area contributed by atoms with E-state index in [1.54, 1.807) is 29.5 Å². The van der Waals surface area contributed by atoms with Crippen LogP contribution in [0.25, 0.3) is 0 Å². The van der Waals surface area contributed by atoms with E-state index in [4.69, 9.17) is 11.6 Å². The summed E-state index contributed by atoms with van der Waals surface area (Å²) >= 11 is 7.51. The third kappa shape index (κ3) is 4.78. The van der Waals surface area contributed by atoms with Crippen LogP contribution in [0.2, 0.25) is 5.02 Å². The molecule has 1 aromatic carbocycles. The van der Waals surface area contributed by atoms with E-state index in [-0.39, 0.29) is 10.9 Å². The van der Waals surface area contributed by atoms with Crippen LogP contribution in [0.1, 0.15) is 25.5 Å². The van der Waals surface area contributed by atoms with Gasteiger partial charge in [0.2, 0.25) is 10.0 Å². The first kappa shape index (κ1) is 18.4. The van der Waals surface area contributed by atoms with Gasteiger partial charge in [0, 0.05) is 17.6 Å². The van der Waals surface area contributed by atoms with E-state index in [2.05, 4.69) is 28.8 Å². The summed E-state index contributed by atoms with van der Waals surface area (Å²) in [5.41, 5.74) is 1.13. The Bertz CT molecular complexity index is 713. The molecule has 4 nitrogen and oxygen atoms in total. The summed E-state index contributed by atoms with van der Waals surface area (Å²) in [6.07, 6.45) is 0. The van der Waals surface area contributed by atoms with E-state index in [0.29, 0.717) is 11.6 Å². The molecule has 0 spiro atoms. The molecular formula is C16H21ClN2O2S2. The molecule has 2 aromatic rings. The number of nitrogens with one attached hydrogen (secondary N) is 1. The van der Waals surface area contributed by atoms with Crippen LogP contribution in [0.4, 0.5) is 0 Å². The number of hydrogen-bond acceptors (Lipinski definition) is 4. The topological polar surface area (TPSA) is 49.4 Å². The molecule has 0 aliphatic rings. The second kappa shape index (κ2) is 8.26. The molecule has 1 aromatic heterocycles. The molecule has 0 aliphatic carbocycles. The van der Waals surface area contributed by atoms with Crippen molar-refractivity contribution in [3.8, 4) is 0 Å². The third-order valence-corrected chi connectivity index (χ3v) is 6.11. The number of hydrogen-bond donors (Lipinski definition) is 1. The summed E-state index contributed by atoms with van der Waals surface area (Å²) in [7, 11) is -3.58. The number of thiophene rings is 1. The van der Waals surface area contributed by atoms with Gasteiger partial charge in [-0.15, -0.1) is 0 Å². The molecule has 0 amide bonds. The summed E-state index contributed by atoms with van der Waals surface area (Å²) in [5.74, 6) is 0. The standard InChI is InChI=1S/C16H21ClN2O2S2/c1-3-19(4-2)16(13-8-9-22-12-13)11-18-23(20,21)15-7-5-6-14(17)10-15/h5-10,12,16,18H,3-4,11H2,1-2H3. The van der Waals surface area contributed by atoms with Gasteiger partial charge in [-0.1, -0.05) is 31.5 Å². The number of nitrogens with zero attached hydrogens (tertiary/aromatic N) is 1. The number of halogens is 1. The molecule has 1 unspecified atom stereocenters. The maximum Gasteiger partial charge on any atom is 0.240 e. The number of sulfonamides is 1. The molecule has 0 radical (unpaired) electrons. The summed E-state index contributed by atoms with van der Waals surface area (Å²) in [6, 6.07) is 8.36. The average Bonchev–Trinajstić information content (AvgIpc) is 3.05. The second-order valence-electron chi connectivity index (χ2n) is 5.10. The Morgan fingerprint density at radius 2 is 2.00 bits per heavy atom. The van der Waals surface area contributed by atoms with Crippen molar-refractivity contribution in [1.29, 1.82) is 0 Å². The monoisotopic (exact) mass is 372 g/mol. The van der Waals surface area contributed by atoms with E-state index in [0.717, 1.165) is 18.7 Å². The van der Waals surface area contributed by atoms with Gasteiger partial charge >= 0.3 is 0 Å². The Morgan fingerprint density at radius 3 is 2.57 bits per heavy atom. The van der Waals surface area contributed by atoms with Crippen LogP contribution in [0, 0.1) is 0 Å². The molecule has 0 fully saturated rings. The Morgan fingerprint density at radius 1 is 1.26 bits per heavy atom. The van der Waals surface area contributed by atoms with Crippen molar-refractivity contribution in [2.24, 2.45) is 0 Å². The Balaban J connectivity index is 2.17. The van der Waals surface area contributed by atoms with Gasteiger partial charge in [-0.3, -0.25) is 4.90 Å². The quantitative estimate of drug-likeness (QED) is 0.767. The van der Waals surface area contributed by atoms with Gasteiger partial charge in [0.1, 0.15) is 0 Å². The molecule has 126 valence electrons. The van der Waals surface area contributed by atoms with E-state index in [1.165, 1.54) is 6.07 Å². The summed E-state index contributed by atoms with van der Waals surface area (Å²) in [5, 5.41) is 4.49. The predicted molar refractivity (Wildman–Crippen MR) is 96.6 cm³/mol. The summed E-state index contributed by atoms with van der Waals surface area (Å²) in [6.45, 7) is 6.20. The summed E-state index contributed by atoms with van der Waals surface area (Å²) < 4.78 is 27.7. The second-order valence-corrected chi connectivity index (χ2v) is 8.09. The lowest BCUT2D eigenvalue weighted by Crippen LogP contribution is -2.37. The van der Waals surface area contributed by atoms with Gasteiger partial charge in [0.15, 0.2) is 0 Å². The average molecular weight is 373 g/mol. The van der Waals surface area contributed by atoms with Gasteiger partial charge in [0.05, 0.1) is 4.90 Å². The van der Waals surface area contributed by atoms with E-state index < -0.39 is 10.0 Å². The molecule has 7 heteroatoms. The lowest BCUT2D eigenvalue weighted by molar-refractivity contribution is 0.220. The molecule has 2 rings (SSSR count). The fourth-order valence-electron chi connectivity index (χ4n) is 2.49. The minimum absolute atomic E-state index is 0.0187. The fourth-order valence-corrected chi connectivity index (χ4v) is 4.54. The first-order chi connectivity index (χ1) is 11.0. The van der Waals surface area contributed by atoms with Crippen molar-refractivity contribution in [2.75, 3.05) is 19.6 Å². The highest BCUT2D eigenvalue weighted by Crippen LogP contribution is 2.23. The van der Waals surface area contributed by atoms with Gasteiger partial charge < -0.3 is 0 Å². The SMILES string of the molecule is CCN(CC)C(CNS(=O)(=O)c1cccc(Cl)c1)c1ccsc1. The van der Waals surface area contributed by atoms with Crippen molar-refractivity contribution >= 4 is 33.0 Å². The zero-order chi connectivity index (χ0) is 16.9. The molecule has 23 heavy (non-hydrogen) atoms. The van der Waals surface area contributed by atoms with Crippen LogP contribution in [0.5, 0.6) is 0 Å². The molecule has 1 heterocycles. The van der Waals surface area contributed by atoms with Crippen LogP contribution in [-0.2, 0) is 10.0 Å².